The van der Waals surface area contributed by atoms with Gasteiger partial charge in [-0.15, -0.1) is 0 Å². The predicted molar refractivity (Wildman–Crippen MR) is 125 cm³/mol. The zero-order valence-electron chi connectivity index (χ0n) is 17.8. The lowest BCUT2D eigenvalue weighted by molar-refractivity contribution is -0.121. The number of carbonyl (C=O) groups is 1. The molecule has 1 aromatic heterocycles. The third kappa shape index (κ3) is 2.45. The number of fused-ring (bicyclic) bond motifs is 6. The van der Waals surface area contributed by atoms with Gasteiger partial charge in [-0.2, -0.15) is 5.26 Å². The van der Waals surface area contributed by atoms with E-state index in [4.69, 9.17) is 14.9 Å². The van der Waals surface area contributed by atoms with Gasteiger partial charge in [0, 0.05) is 11.3 Å². The highest BCUT2D eigenvalue weighted by molar-refractivity contribution is 6.14. The zero-order chi connectivity index (χ0) is 23.4. The van der Waals surface area contributed by atoms with Gasteiger partial charge in [0.15, 0.2) is 11.2 Å². The summed E-state index contributed by atoms with van der Waals surface area (Å²) < 4.78 is 11.4. The maximum Gasteiger partial charge on any atom is 0.345 e. The third-order valence-corrected chi connectivity index (χ3v) is 6.43. The molecule has 6 rings (SSSR count). The van der Waals surface area contributed by atoms with E-state index in [1.807, 2.05) is 36.4 Å². The normalized spacial score (nSPS) is 18.6. The van der Waals surface area contributed by atoms with E-state index in [0.717, 1.165) is 5.56 Å². The van der Waals surface area contributed by atoms with E-state index in [2.05, 4.69) is 6.07 Å². The lowest BCUT2D eigenvalue weighted by Crippen LogP contribution is -2.48. The molecule has 2 N–H and O–H groups in total. The molecule has 0 radical (unpaired) electrons. The number of anilines is 1. The number of hydrogen-bond acceptors (Lipinski definition) is 6. The third-order valence-electron chi connectivity index (χ3n) is 6.43. The first-order valence-corrected chi connectivity index (χ1v) is 10.7. The first kappa shape index (κ1) is 19.8. The standard InChI is InChI=1S/C27H17N3O4/c28-14-19-24(29)34-23-17-10-4-7-13-21(17)33-25(31)22(23)27(19)18-11-5-6-12-20(18)30(26(27)32)15-16-8-2-1-3-9-16/h1-13H,15,29H2. The average Bonchev–Trinajstić information content (AvgIpc) is 3.08. The molecule has 2 aliphatic heterocycles. The van der Waals surface area contributed by atoms with Crippen molar-refractivity contribution in [2.24, 2.45) is 5.73 Å². The Bertz CT molecular complexity index is 1630. The first-order chi connectivity index (χ1) is 16.6. The van der Waals surface area contributed by atoms with Crippen molar-refractivity contribution in [1.29, 1.82) is 5.26 Å². The average molecular weight is 447 g/mol. The Morgan fingerprint density at radius 2 is 1.65 bits per heavy atom. The number of benzene rings is 3. The lowest BCUT2D eigenvalue weighted by Gasteiger charge is -2.33. The van der Waals surface area contributed by atoms with Crippen LogP contribution in [0.3, 0.4) is 0 Å². The number of rotatable bonds is 2. The molecule has 0 aliphatic carbocycles. The maximum absolute atomic E-state index is 14.4. The minimum atomic E-state index is -1.78. The Hall–Kier alpha value is -4.83. The Labute approximate surface area is 193 Å². The van der Waals surface area contributed by atoms with E-state index in [-0.39, 0.29) is 29.3 Å². The van der Waals surface area contributed by atoms with Crippen molar-refractivity contribution in [3.05, 3.63) is 117 Å². The molecule has 3 heterocycles. The van der Waals surface area contributed by atoms with Crippen LogP contribution in [0, 0.1) is 11.3 Å². The van der Waals surface area contributed by atoms with E-state index in [1.165, 1.54) is 0 Å². The van der Waals surface area contributed by atoms with Crippen molar-refractivity contribution in [2.75, 3.05) is 4.90 Å². The predicted octanol–water partition coefficient (Wildman–Crippen LogP) is 3.71. The van der Waals surface area contributed by atoms with Crippen molar-refractivity contribution in [2.45, 2.75) is 12.0 Å². The zero-order valence-corrected chi connectivity index (χ0v) is 17.8. The fourth-order valence-corrected chi connectivity index (χ4v) is 5.02. The van der Waals surface area contributed by atoms with Crippen molar-refractivity contribution in [3.63, 3.8) is 0 Å². The molecule has 1 amide bonds. The van der Waals surface area contributed by atoms with Gasteiger partial charge in [0.1, 0.15) is 22.8 Å². The van der Waals surface area contributed by atoms with E-state index in [9.17, 15) is 14.9 Å². The van der Waals surface area contributed by atoms with Crippen molar-refractivity contribution in [3.8, 4) is 11.8 Å². The second-order valence-electron chi connectivity index (χ2n) is 8.19. The van der Waals surface area contributed by atoms with Crippen LogP contribution in [-0.2, 0) is 16.8 Å². The molecule has 0 fully saturated rings. The Kier molecular flexibility index (Phi) is 4.13. The van der Waals surface area contributed by atoms with Gasteiger partial charge in [-0.1, -0.05) is 60.7 Å². The molecule has 1 spiro atoms. The quantitative estimate of drug-likeness (QED) is 0.469. The minimum Gasteiger partial charge on any atom is -0.439 e. The number of nitriles is 1. The van der Waals surface area contributed by atoms with E-state index in [0.29, 0.717) is 22.2 Å². The van der Waals surface area contributed by atoms with Crippen LogP contribution in [0.5, 0.6) is 5.75 Å². The van der Waals surface area contributed by atoms with Crippen LogP contribution in [0.4, 0.5) is 5.69 Å². The number of hydrogen-bond donors (Lipinski definition) is 1. The molecule has 34 heavy (non-hydrogen) atoms. The second-order valence-corrected chi connectivity index (χ2v) is 8.19. The van der Waals surface area contributed by atoms with E-state index in [1.54, 1.807) is 47.4 Å². The summed E-state index contributed by atoms with van der Waals surface area (Å²) in [6, 6.07) is 25.5. The van der Waals surface area contributed by atoms with Crippen LogP contribution in [0.25, 0.3) is 11.0 Å². The van der Waals surface area contributed by atoms with Gasteiger partial charge in [-0.25, -0.2) is 4.79 Å². The second kappa shape index (κ2) is 7.09. The molecule has 0 saturated heterocycles. The first-order valence-electron chi connectivity index (χ1n) is 10.7. The highest BCUT2D eigenvalue weighted by atomic mass is 16.5. The number of amides is 1. The molecule has 0 bridgehead atoms. The van der Waals surface area contributed by atoms with Crippen LogP contribution in [0.2, 0.25) is 0 Å². The molecule has 4 aromatic rings. The number of nitrogens with zero attached hydrogens (tertiary/aromatic N) is 2. The summed E-state index contributed by atoms with van der Waals surface area (Å²) in [6.07, 6.45) is 0. The topological polar surface area (TPSA) is 110 Å². The maximum atomic E-state index is 14.4. The SMILES string of the molecule is N#CC1=C(N)Oc2c(c(=O)oc3ccccc23)C12C(=O)N(Cc1ccccc1)c1ccccc12. The molecule has 3 aromatic carbocycles. The summed E-state index contributed by atoms with van der Waals surface area (Å²) in [6.45, 7) is 0.256. The molecule has 1 atom stereocenters. The summed E-state index contributed by atoms with van der Waals surface area (Å²) >= 11 is 0. The van der Waals surface area contributed by atoms with Crippen LogP contribution >= 0.6 is 0 Å². The molecule has 0 saturated carbocycles. The number of para-hydroxylation sites is 2. The van der Waals surface area contributed by atoms with Crippen molar-refractivity contribution in [1.82, 2.24) is 0 Å². The highest BCUT2D eigenvalue weighted by Gasteiger charge is 2.61. The summed E-state index contributed by atoms with van der Waals surface area (Å²) in [5, 5.41) is 10.7. The van der Waals surface area contributed by atoms with Crippen LogP contribution in [-0.4, -0.2) is 5.91 Å². The highest BCUT2D eigenvalue weighted by Crippen LogP contribution is 2.55. The van der Waals surface area contributed by atoms with Gasteiger partial charge in [0.25, 0.3) is 0 Å². The molecule has 1 unspecified atom stereocenters. The summed E-state index contributed by atoms with van der Waals surface area (Å²) in [7, 11) is 0. The number of nitrogens with two attached hydrogens (primary N) is 1. The summed E-state index contributed by atoms with van der Waals surface area (Å²) in [5.41, 5.74) is 5.84. The fraction of sp³-hybridized carbons (Fsp3) is 0.0741. The van der Waals surface area contributed by atoms with E-state index >= 15 is 0 Å². The van der Waals surface area contributed by atoms with Crippen LogP contribution < -0.4 is 21.0 Å². The Morgan fingerprint density at radius 1 is 0.941 bits per heavy atom. The largest absolute Gasteiger partial charge is 0.439 e. The van der Waals surface area contributed by atoms with Crippen molar-refractivity contribution < 1.29 is 13.9 Å². The molecule has 2 aliphatic rings. The van der Waals surface area contributed by atoms with Crippen molar-refractivity contribution >= 4 is 22.6 Å². The van der Waals surface area contributed by atoms with Gasteiger partial charge in [-0.05, 0) is 23.8 Å². The molecular weight excluding hydrogens is 430 g/mol. The van der Waals surface area contributed by atoms with Gasteiger partial charge in [0.05, 0.1) is 11.9 Å². The minimum absolute atomic E-state index is 0.0371. The summed E-state index contributed by atoms with van der Waals surface area (Å²) in [5.74, 6) is -0.535. The number of carbonyl (C=O) groups excluding carboxylic acids is 1. The molecular formula is C27H17N3O4. The lowest BCUT2D eigenvalue weighted by atomic mass is 9.69. The summed E-state index contributed by atoms with van der Waals surface area (Å²) in [4.78, 5) is 29.4. The Morgan fingerprint density at radius 3 is 2.44 bits per heavy atom. The van der Waals surface area contributed by atoms with Gasteiger partial charge < -0.3 is 19.8 Å². The van der Waals surface area contributed by atoms with Crippen LogP contribution in [0.15, 0.2) is 99.5 Å². The molecule has 7 nitrogen and oxygen atoms in total. The smallest absolute Gasteiger partial charge is 0.345 e. The number of ether oxygens (including phenoxy) is 1. The van der Waals surface area contributed by atoms with Crippen LogP contribution in [0.1, 0.15) is 16.7 Å². The molecule has 164 valence electrons. The van der Waals surface area contributed by atoms with E-state index < -0.39 is 16.9 Å². The fourth-order valence-electron chi connectivity index (χ4n) is 5.02. The van der Waals surface area contributed by atoms with Gasteiger partial charge >= 0.3 is 5.63 Å². The monoisotopic (exact) mass is 447 g/mol. The Balaban J connectivity index is 1.71. The van der Waals surface area contributed by atoms with Gasteiger partial charge in [-0.3, -0.25) is 4.79 Å². The van der Waals surface area contributed by atoms with Gasteiger partial charge in [0.2, 0.25) is 11.8 Å². The molecule has 7 heteroatoms.